The maximum Gasteiger partial charge on any atom is 0.180 e. The van der Waals surface area contributed by atoms with E-state index in [4.69, 9.17) is 5.26 Å². The van der Waals surface area contributed by atoms with Crippen molar-refractivity contribution in [3.05, 3.63) is 30.0 Å². The number of hydrogen-bond acceptors (Lipinski definition) is 6. The number of nitrogens with zero attached hydrogens (tertiary/aromatic N) is 3. The van der Waals surface area contributed by atoms with Gasteiger partial charge in [-0.3, -0.25) is 4.79 Å². The minimum Gasteiger partial charge on any atom is -0.358 e. The molecule has 0 amide bonds. The first-order chi connectivity index (χ1) is 9.43. The topological polar surface area (TPSA) is 78.7 Å². The molecule has 0 fully saturated rings. The lowest BCUT2D eigenvalue weighted by Gasteiger charge is -2.15. The van der Waals surface area contributed by atoms with Crippen LogP contribution in [0, 0.1) is 16.7 Å². The highest BCUT2D eigenvalue weighted by molar-refractivity contribution is 7.00. The van der Waals surface area contributed by atoms with Gasteiger partial charge in [-0.1, -0.05) is 26.8 Å². The molecule has 1 aromatic carbocycles. The van der Waals surface area contributed by atoms with Crippen molar-refractivity contribution in [1.29, 1.82) is 5.26 Å². The lowest BCUT2D eigenvalue weighted by Crippen LogP contribution is -2.22. The number of fused-ring (bicyclic) bond motifs is 1. The van der Waals surface area contributed by atoms with Crippen LogP contribution in [0.2, 0.25) is 0 Å². The van der Waals surface area contributed by atoms with Gasteiger partial charge in [0, 0.05) is 11.6 Å². The van der Waals surface area contributed by atoms with Crippen LogP contribution in [0.15, 0.2) is 30.0 Å². The Bertz CT molecular complexity index is 719. The van der Waals surface area contributed by atoms with Gasteiger partial charge in [-0.05, 0) is 12.1 Å². The Morgan fingerprint density at radius 1 is 1.40 bits per heavy atom. The zero-order valence-corrected chi connectivity index (χ0v) is 12.3. The number of rotatable bonds is 3. The number of Topliss-reactive ketones (excluding diaryl/α,β-unsaturated/α-hetero) is 1. The van der Waals surface area contributed by atoms with Crippen molar-refractivity contribution in [1.82, 2.24) is 8.75 Å². The summed E-state index contributed by atoms with van der Waals surface area (Å²) in [4.78, 5) is 12.1. The lowest BCUT2D eigenvalue weighted by atomic mass is 9.87. The summed E-state index contributed by atoms with van der Waals surface area (Å²) < 4.78 is 8.33. The van der Waals surface area contributed by atoms with E-state index in [1.807, 2.05) is 24.3 Å². The lowest BCUT2D eigenvalue weighted by molar-refractivity contribution is -0.122. The number of nitriles is 1. The van der Waals surface area contributed by atoms with Crippen molar-refractivity contribution in [2.45, 2.75) is 20.8 Å². The summed E-state index contributed by atoms with van der Waals surface area (Å²) in [5, 5.41) is 12.1. The van der Waals surface area contributed by atoms with Gasteiger partial charge in [-0.25, -0.2) is 0 Å². The van der Waals surface area contributed by atoms with Crippen molar-refractivity contribution in [3.8, 4) is 6.07 Å². The van der Waals surface area contributed by atoms with Gasteiger partial charge in [0.15, 0.2) is 5.78 Å². The van der Waals surface area contributed by atoms with Gasteiger partial charge < -0.3 is 5.32 Å². The number of ketones is 1. The van der Waals surface area contributed by atoms with Gasteiger partial charge in [0.1, 0.15) is 22.7 Å². The minimum atomic E-state index is -0.586. The second-order valence-electron chi connectivity index (χ2n) is 5.33. The molecule has 102 valence electrons. The highest BCUT2D eigenvalue weighted by atomic mass is 32.1. The van der Waals surface area contributed by atoms with Crippen LogP contribution in [0.3, 0.4) is 0 Å². The standard InChI is InChI=1S/C14H14N4OS/c1-14(2,3)13(19)9(7-15)8-16-10-5-4-6-11-12(10)18-20-17-11/h4-6,8,16H,1-3H3/b9-8-. The predicted octanol–water partition coefficient (Wildman–Crippen LogP) is 3.13. The van der Waals surface area contributed by atoms with E-state index in [1.165, 1.54) is 6.20 Å². The summed E-state index contributed by atoms with van der Waals surface area (Å²) in [5.41, 5.74) is 1.75. The molecule has 2 aromatic rings. The molecule has 20 heavy (non-hydrogen) atoms. The van der Waals surface area contributed by atoms with Crippen molar-refractivity contribution in [2.24, 2.45) is 5.41 Å². The van der Waals surface area contributed by atoms with E-state index in [-0.39, 0.29) is 11.4 Å². The number of carbonyl (C=O) groups is 1. The maximum atomic E-state index is 12.1. The minimum absolute atomic E-state index is 0.0951. The van der Waals surface area contributed by atoms with E-state index in [1.54, 1.807) is 20.8 Å². The quantitative estimate of drug-likeness (QED) is 0.692. The molecular weight excluding hydrogens is 272 g/mol. The Kier molecular flexibility index (Phi) is 3.81. The van der Waals surface area contributed by atoms with Crippen molar-refractivity contribution in [2.75, 3.05) is 5.32 Å². The Morgan fingerprint density at radius 3 is 2.80 bits per heavy atom. The molecule has 0 spiro atoms. The molecule has 5 nitrogen and oxygen atoms in total. The van der Waals surface area contributed by atoms with Crippen LogP contribution >= 0.6 is 11.7 Å². The van der Waals surface area contributed by atoms with Crippen molar-refractivity contribution < 1.29 is 4.79 Å². The summed E-state index contributed by atoms with van der Waals surface area (Å²) in [6, 6.07) is 7.47. The number of hydrogen-bond donors (Lipinski definition) is 1. The molecular formula is C14H14N4OS. The number of allylic oxidation sites excluding steroid dienone is 1. The molecule has 0 aliphatic heterocycles. The molecule has 0 unspecified atom stereocenters. The molecule has 1 aromatic heterocycles. The van der Waals surface area contributed by atoms with E-state index in [9.17, 15) is 4.79 Å². The molecule has 2 rings (SSSR count). The molecule has 1 N–H and O–H groups in total. The van der Waals surface area contributed by atoms with E-state index >= 15 is 0 Å². The van der Waals surface area contributed by atoms with E-state index in [0.717, 1.165) is 28.4 Å². The molecule has 0 bridgehead atoms. The number of benzene rings is 1. The Labute approximate surface area is 121 Å². The first kappa shape index (κ1) is 14.2. The third-order valence-electron chi connectivity index (χ3n) is 2.70. The number of aromatic nitrogens is 2. The Balaban J connectivity index is 2.30. The van der Waals surface area contributed by atoms with Crippen LogP contribution in [0.25, 0.3) is 11.0 Å². The summed E-state index contributed by atoms with van der Waals surface area (Å²) in [7, 11) is 0. The predicted molar refractivity (Wildman–Crippen MR) is 79.2 cm³/mol. The molecule has 0 aliphatic carbocycles. The first-order valence-corrected chi connectivity index (χ1v) is 6.79. The van der Waals surface area contributed by atoms with Gasteiger partial charge in [0.05, 0.1) is 17.4 Å². The summed E-state index contributed by atoms with van der Waals surface area (Å²) >= 11 is 1.12. The summed E-state index contributed by atoms with van der Waals surface area (Å²) in [6.07, 6.45) is 1.43. The van der Waals surface area contributed by atoms with Crippen LogP contribution in [0.1, 0.15) is 20.8 Å². The van der Waals surface area contributed by atoms with Crippen molar-refractivity contribution >= 4 is 34.2 Å². The monoisotopic (exact) mass is 286 g/mol. The van der Waals surface area contributed by atoms with Crippen LogP contribution in [-0.4, -0.2) is 14.5 Å². The number of carbonyl (C=O) groups excluding carboxylic acids is 1. The average molecular weight is 286 g/mol. The summed E-state index contributed by atoms with van der Waals surface area (Å²) in [5.74, 6) is -0.198. The third kappa shape index (κ3) is 2.83. The van der Waals surface area contributed by atoms with Crippen LogP contribution in [-0.2, 0) is 4.79 Å². The second kappa shape index (κ2) is 5.39. The normalized spacial score (nSPS) is 12.2. The molecule has 6 heteroatoms. The zero-order valence-electron chi connectivity index (χ0n) is 11.5. The Morgan fingerprint density at radius 2 is 2.15 bits per heavy atom. The average Bonchev–Trinajstić information content (AvgIpc) is 2.87. The molecule has 1 heterocycles. The van der Waals surface area contributed by atoms with Crippen LogP contribution < -0.4 is 5.32 Å². The van der Waals surface area contributed by atoms with E-state index < -0.39 is 5.41 Å². The van der Waals surface area contributed by atoms with E-state index in [0.29, 0.717) is 0 Å². The summed E-state index contributed by atoms with van der Waals surface area (Å²) in [6.45, 7) is 5.35. The fraction of sp³-hybridized carbons (Fsp3) is 0.286. The van der Waals surface area contributed by atoms with E-state index in [2.05, 4.69) is 14.1 Å². The third-order valence-corrected chi connectivity index (χ3v) is 3.25. The highest BCUT2D eigenvalue weighted by Crippen LogP contribution is 2.23. The molecule has 0 radical (unpaired) electrons. The molecule has 0 saturated heterocycles. The smallest absolute Gasteiger partial charge is 0.180 e. The van der Waals surface area contributed by atoms with Crippen molar-refractivity contribution in [3.63, 3.8) is 0 Å². The fourth-order valence-electron chi connectivity index (χ4n) is 1.63. The number of nitrogens with one attached hydrogen (secondary N) is 1. The van der Waals surface area contributed by atoms with Gasteiger partial charge in [0.2, 0.25) is 0 Å². The van der Waals surface area contributed by atoms with Crippen LogP contribution in [0.5, 0.6) is 0 Å². The van der Waals surface area contributed by atoms with Gasteiger partial charge in [0.25, 0.3) is 0 Å². The molecule has 0 aliphatic rings. The molecule has 0 atom stereocenters. The number of anilines is 1. The fourth-order valence-corrected chi connectivity index (χ4v) is 2.17. The largest absolute Gasteiger partial charge is 0.358 e. The van der Waals surface area contributed by atoms with Gasteiger partial charge in [-0.2, -0.15) is 14.0 Å². The maximum absolute atomic E-state index is 12.1. The second-order valence-corrected chi connectivity index (χ2v) is 5.86. The Hall–Kier alpha value is -2.26. The highest BCUT2D eigenvalue weighted by Gasteiger charge is 2.25. The first-order valence-electron chi connectivity index (χ1n) is 6.06. The zero-order chi connectivity index (χ0) is 14.8. The van der Waals surface area contributed by atoms with Gasteiger partial charge >= 0.3 is 0 Å². The molecule has 0 saturated carbocycles. The van der Waals surface area contributed by atoms with Crippen LogP contribution in [0.4, 0.5) is 5.69 Å². The van der Waals surface area contributed by atoms with Gasteiger partial charge in [-0.15, -0.1) is 0 Å². The SMILES string of the molecule is CC(C)(C)C(=O)/C(C#N)=C\Nc1cccc2nsnc12.